The van der Waals surface area contributed by atoms with Crippen LogP contribution in [0.15, 0.2) is 41.6 Å². The van der Waals surface area contributed by atoms with Crippen LogP contribution in [-0.4, -0.2) is 44.9 Å². The summed E-state index contributed by atoms with van der Waals surface area (Å²) in [4.78, 5) is 46.4. The maximum absolute atomic E-state index is 13.5. The van der Waals surface area contributed by atoms with E-state index in [1.54, 1.807) is 23.2 Å². The van der Waals surface area contributed by atoms with Crippen LogP contribution in [-0.2, 0) is 6.54 Å². The van der Waals surface area contributed by atoms with Gasteiger partial charge in [-0.05, 0) is 50.2 Å². The molecule has 1 saturated heterocycles. The molecule has 2 atom stereocenters. The van der Waals surface area contributed by atoms with Gasteiger partial charge in [-0.2, -0.15) is 0 Å². The van der Waals surface area contributed by atoms with Crippen LogP contribution in [0.4, 0.5) is 0 Å². The maximum Gasteiger partial charge on any atom is 0.259 e. The fraction of sp³-hybridized carbons (Fsp3) is 0.556. The number of fused-ring (bicyclic) bond motifs is 2. The number of hydrogen-bond donors (Lipinski definition) is 1. The number of likely N-dealkylation sites (tertiary alicyclic amines) is 1. The van der Waals surface area contributed by atoms with Crippen molar-refractivity contribution in [2.75, 3.05) is 6.54 Å². The first kappa shape index (κ1) is 22.8. The van der Waals surface area contributed by atoms with E-state index in [1.165, 1.54) is 19.3 Å². The summed E-state index contributed by atoms with van der Waals surface area (Å²) < 4.78 is 1.76. The average Bonchev–Trinajstić information content (AvgIpc) is 3.46. The van der Waals surface area contributed by atoms with E-state index in [0.29, 0.717) is 19.0 Å². The van der Waals surface area contributed by atoms with Gasteiger partial charge in [-0.25, -0.2) is 0 Å². The number of nitrogens with zero attached hydrogens (tertiary/aromatic N) is 3. The van der Waals surface area contributed by atoms with Crippen LogP contribution < -0.4 is 10.7 Å². The van der Waals surface area contributed by atoms with Gasteiger partial charge in [0.1, 0.15) is 11.1 Å². The van der Waals surface area contributed by atoms with Crippen molar-refractivity contribution >= 4 is 11.8 Å². The number of piperidine rings is 1. The third kappa shape index (κ3) is 4.93. The molecule has 2 unspecified atom stereocenters. The van der Waals surface area contributed by atoms with Crippen LogP contribution in [0.25, 0.3) is 0 Å². The molecule has 2 aliphatic carbocycles. The standard InChI is InChI=1S/C27H34N4O3/c32-25-23(26(33)29-20-8-4-2-1-3-5-9-20)17-30(16-21-10-6-7-13-28-21)18-24(25)27(34)31-15-19-11-12-22(31)14-19/h6-7,10,13,17-20,22H,1-5,8-9,11-12,14-16H2,(H,29,33). The third-order valence-electron chi connectivity index (χ3n) is 7.74. The summed E-state index contributed by atoms with van der Waals surface area (Å²) in [6, 6.07) is 5.94. The monoisotopic (exact) mass is 462 g/mol. The maximum atomic E-state index is 13.5. The molecule has 0 radical (unpaired) electrons. The van der Waals surface area contributed by atoms with E-state index in [0.717, 1.165) is 50.6 Å². The molecular formula is C27H34N4O3. The van der Waals surface area contributed by atoms with Crippen LogP contribution in [0.3, 0.4) is 0 Å². The molecule has 34 heavy (non-hydrogen) atoms. The number of carbonyl (C=O) groups is 2. The van der Waals surface area contributed by atoms with Gasteiger partial charge in [0.15, 0.2) is 0 Å². The van der Waals surface area contributed by atoms with Gasteiger partial charge in [-0.15, -0.1) is 0 Å². The minimum Gasteiger partial charge on any atom is -0.349 e. The molecule has 3 fully saturated rings. The summed E-state index contributed by atoms with van der Waals surface area (Å²) in [6.45, 7) is 1.10. The van der Waals surface area contributed by atoms with Gasteiger partial charge in [0.05, 0.1) is 12.2 Å². The SMILES string of the molecule is O=C(NC1CCCCCCC1)c1cn(Cc2ccccn2)cc(C(=O)N2CC3CCC2C3)c1=O. The van der Waals surface area contributed by atoms with Gasteiger partial charge in [-0.3, -0.25) is 19.4 Å². The van der Waals surface area contributed by atoms with E-state index >= 15 is 0 Å². The second-order valence-electron chi connectivity index (χ2n) is 10.2. The van der Waals surface area contributed by atoms with Gasteiger partial charge in [0.25, 0.3) is 11.8 Å². The lowest BCUT2D eigenvalue weighted by atomic mass is 9.96. The third-order valence-corrected chi connectivity index (χ3v) is 7.74. The molecule has 3 heterocycles. The molecule has 2 aromatic heterocycles. The number of aromatic nitrogens is 2. The highest BCUT2D eigenvalue weighted by Gasteiger charge is 2.41. The zero-order valence-corrected chi connectivity index (χ0v) is 19.7. The summed E-state index contributed by atoms with van der Waals surface area (Å²) >= 11 is 0. The summed E-state index contributed by atoms with van der Waals surface area (Å²) in [7, 11) is 0. The Hall–Kier alpha value is -2.96. The van der Waals surface area contributed by atoms with Crippen molar-refractivity contribution < 1.29 is 9.59 Å². The first-order chi connectivity index (χ1) is 16.6. The molecule has 1 aliphatic heterocycles. The van der Waals surface area contributed by atoms with Crippen molar-refractivity contribution in [3.63, 3.8) is 0 Å². The Morgan fingerprint density at radius 2 is 1.74 bits per heavy atom. The predicted molar refractivity (Wildman–Crippen MR) is 130 cm³/mol. The molecule has 7 heteroatoms. The van der Waals surface area contributed by atoms with E-state index in [9.17, 15) is 14.4 Å². The van der Waals surface area contributed by atoms with E-state index < -0.39 is 5.43 Å². The molecule has 5 rings (SSSR count). The smallest absolute Gasteiger partial charge is 0.259 e. The van der Waals surface area contributed by atoms with Crippen molar-refractivity contribution in [1.29, 1.82) is 0 Å². The lowest BCUT2D eigenvalue weighted by Crippen LogP contribution is -2.42. The van der Waals surface area contributed by atoms with Gasteiger partial charge in [0.2, 0.25) is 5.43 Å². The Morgan fingerprint density at radius 1 is 0.971 bits per heavy atom. The normalized spacial score (nSPS) is 22.9. The van der Waals surface area contributed by atoms with Crippen LogP contribution in [0.5, 0.6) is 0 Å². The molecule has 2 amide bonds. The molecule has 2 bridgehead atoms. The molecule has 0 aromatic carbocycles. The minimum atomic E-state index is -0.464. The molecule has 1 N–H and O–H groups in total. The predicted octanol–water partition coefficient (Wildman–Crippen LogP) is 3.76. The number of amides is 2. The molecule has 7 nitrogen and oxygen atoms in total. The number of nitrogens with one attached hydrogen (secondary N) is 1. The molecule has 0 spiro atoms. The zero-order chi connectivity index (χ0) is 23.5. The van der Waals surface area contributed by atoms with Crippen molar-refractivity contribution in [3.8, 4) is 0 Å². The summed E-state index contributed by atoms with van der Waals surface area (Å²) in [5.41, 5.74) is 0.478. The Morgan fingerprint density at radius 3 is 2.41 bits per heavy atom. The van der Waals surface area contributed by atoms with Crippen LogP contribution in [0, 0.1) is 5.92 Å². The average molecular weight is 463 g/mol. The Kier molecular flexibility index (Phi) is 6.79. The van der Waals surface area contributed by atoms with Gasteiger partial charge >= 0.3 is 0 Å². The molecule has 180 valence electrons. The summed E-state index contributed by atoms with van der Waals surface area (Å²) in [5.74, 6) is -0.0778. The fourth-order valence-corrected chi connectivity index (χ4v) is 5.91. The first-order valence-electron chi connectivity index (χ1n) is 12.8. The highest BCUT2D eigenvalue weighted by atomic mass is 16.2. The van der Waals surface area contributed by atoms with E-state index in [-0.39, 0.29) is 35.0 Å². The Bertz CT molecular complexity index is 1090. The lowest BCUT2D eigenvalue weighted by molar-refractivity contribution is 0.0701. The number of carbonyl (C=O) groups excluding carboxylic acids is 2. The lowest BCUT2D eigenvalue weighted by Gasteiger charge is -2.27. The Balaban J connectivity index is 1.44. The van der Waals surface area contributed by atoms with E-state index in [1.807, 2.05) is 23.1 Å². The number of hydrogen-bond acceptors (Lipinski definition) is 4. The van der Waals surface area contributed by atoms with Crippen molar-refractivity contribution in [1.82, 2.24) is 19.8 Å². The van der Waals surface area contributed by atoms with Crippen molar-refractivity contribution in [2.45, 2.75) is 82.8 Å². The number of pyridine rings is 2. The largest absolute Gasteiger partial charge is 0.349 e. The van der Waals surface area contributed by atoms with Crippen LogP contribution >= 0.6 is 0 Å². The van der Waals surface area contributed by atoms with Crippen LogP contribution in [0.2, 0.25) is 0 Å². The van der Waals surface area contributed by atoms with Crippen molar-refractivity contribution in [2.24, 2.45) is 5.92 Å². The zero-order valence-electron chi connectivity index (χ0n) is 19.7. The molecule has 3 aliphatic rings. The second-order valence-corrected chi connectivity index (χ2v) is 10.2. The highest BCUT2D eigenvalue weighted by molar-refractivity contribution is 5.99. The topological polar surface area (TPSA) is 84.3 Å². The summed E-state index contributed by atoms with van der Waals surface area (Å²) in [6.07, 6.45) is 15.8. The van der Waals surface area contributed by atoms with Gasteiger partial charge < -0.3 is 14.8 Å². The molecule has 2 aromatic rings. The van der Waals surface area contributed by atoms with Gasteiger partial charge in [0, 0.05) is 37.2 Å². The second kappa shape index (κ2) is 10.1. The van der Waals surface area contributed by atoms with Crippen LogP contribution in [0.1, 0.15) is 90.6 Å². The first-order valence-corrected chi connectivity index (χ1v) is 12.8. The highest BCUT2D eigenvalue weighted by Crippen LogP contribution is 2.37. The molecular weight excluding hydrogens is 428 g/mol. The van der Waals surface area contributed by atoms with E-state index in [2.05, 4.69) is 10.3 Å². The van der Waals surface area contributed by atoms with Gasteiger partial charge in [-0.1, -0.05) is 38.2 Å². The fourth-order valence-electron chi connectivity index (χ4n) is 5.91. The summed E-state index contributed by atoms with van der Waals surface area (Å²) in [5, 5.41) is 3.10. The Labute approximate surface area is 200 Å². The number of rotatable bonds is 5. The minimum absolute atomic E-state index is 0.0493. The quantitative estimate of drug-likeness (QED) is 0.733. The molecule has 2 saturated carbocycles. The van der Waals surface area contributed by atoms with Crippen molar-refractivity contribution in [3.05, 3.63) is 63.8 Å². The van der Waals surface area contributed by atoms with E-state index in [4.69, 9.17) is 0 Å².